The molecule has 0 aliphatic carbocycles. The van der Waals surface area contributed by atoms with Crippen molar-refractivity contribution in [3.63, 3.8) is 0 Å². The van der Waals surface area contributed by atoms with E-state index in [1.54, 1.807) is 0 Å². The zero-order valence-corrected chi connectivity index (χ0v) is 8.64. The van der Waals surface area contributed by atoms with Gasteiger partial charge in [-0.3, -0.25) is 4.79 Å². The Kier molecular flexibility index (Phi) is 3.24. The van der Waals surface area contributed by atoms with Gasteiger partial charge in [-0.25, -0.2) is 0 Å². The first-order valence-electron chi connectivity index (χ1n) is 4.55. The van der Waals surface area contributed by atoms with Crippen LogP contribution in [0.15, 0.2) is 24.3 Å². The van der Waals surface area contributed by atoms with Gasteiger partial charge in [0.25, 0.3) is 0 Å². The third-order valence-electron chi connectivity index (χ3n) is 2.03. The quantitative estimate of drug-likeness (QED) is 0.505. The highest BCUT2D eigenvalue weighted by molar-refractivity contribution is 6.01. The van der Waals surface area contributed by atoms with Crippen LogP contribution in [0.2, 0.25) is 0 Å². The lowest BCUT2D eigenvalue weighted by Gasteiger charge is -2.15. The van der Waals surface area contributed by atoms with Crippen LogP contribution in [0.3, 0.4) is 0 Å². The number of hydrogen-bond acceptors (Lipinski definition) is 4. The predicted molar refractivity (Wildman–Crippen MR) is 54.2 cm³/mol. The SMILES string of the molecule is CC(C)(O)C(=O)c1ccc(C(O)O)cc1. The summed E-state index contributed by atoms with van der Waals surface area (Å²) in [7, 11) is 0. The van der Waals surface area contributed by atoms with E-state index in [4.69, 9.17) is 10.2 Å². The fraction of sp³-hybridized carbons (Fsp3) is 0.364. The molecule has 0 radical (unpaired) electrons. The first-order chi connectivity index (χ1) is 6.82. The summed E-state index contributed by atoms with van der Waals surface area (Å²) in [5.74, 6) is -0.401. The summed E-state index contributed by atoms with van der Waals surface area (Å²) >= 11 is 0. The third kappa shape index (κ3) is 2.86. The molecule has 0 unspecified atom stereocenters. The van der Waals surface area contributed by atoms with Crippen LogP contribution in [-0.4, -0.2) is 26.7 Å². The Balaban J connectivity index is 2.95. The van der Waals surface area contributed by atoms with Gasteiger partial charge < -0.3 is 15.3 Å². The molecule has 1 aromatic rings. The zero-order chi connectivity index (χ0) is 11.6. The molecule has 0 saturated heterocycles. The maximum Gasteiger partial charge on any atom is 0.193 e. The predicted octanol–water partition coefficient (Wildman–Crippen LogP) is 0.623. The van der Waals surface area contributed by atoms with Crippen molar-refractivity contribution in [3.8, 4) is 0 Å². The molecule has 0 atom stereocenters. The summed E-state index contributed by atoms with van der Waals surface area (Å²) in [4.78, 5) is 11.6. The zero-order valence-electron chi connectivity index (χ0n) is 8.64. The second-order valence-corrected chi connectivity index (χ2v) is 3.88. The van der Waals surface area contributed by atoms with Gasteiger partial charge >= 0.3 is 0 Å². The van der Waals surface area contributed by atoms with Gasteiger partial charge in [0.15, 0.2) is 12.1 Å². The van der Waals surface area contributed by atoms with E-state index in [2.05, 4.69) is 0 Å². The second kappa shape index (κ2) is 4.10. The van der Waals surface area contributed by atoms with Crippen molar-refractivity contribution in [2.45, 2.75) is 25.7 Å². The largest absolute Gasteiger partial charge is 0.382 e. The molecule has 1 rings (SSSR count). The van der Waals surface area contributed by atoms with E-state index in [-0.39, 0.29) is 0 Å². The Morgan fingerprint density at radius 1 is 1.20 bits per heavy atom. The van der Waals surface area contributed by atoms with E-state index >= 15 is 0 Å². The van der Waals surface area contributed by atoms with Crippen LogP contribution in [0.25, 0.3) is 0 Å². The molecule has 1 aromatic carbocycles. The van der Waals surface area contributed by atoms with Crippen LogP contribution in [0.4, 0.5) is 0 Å². The van der Waals surface area contributed by atoms with Crippen molar-refractivity contribution in [1.82, 2.24) is 0 Å². The third-order valence-corrected chi connectivity index (χ3v) is 2.03. The van der Waals surface area contributed by atoms with Gasteiger partial charge in [-0.05, 0) is 13.8 Å². The molecule has 0 aliphatic heterocycles. The molecule has 4 nitrogen and oxygen atoms in total. The van der Waals surface area contributed by atoms with Gasteiger partial charge in [-0.1, -0.05) is 24.3 Å². The van der Waals surface area contributed by atoms with Gasteiger partial charge in [0.05, 0.1) is 0 Å². The van der Waals surface area contributed by atoms with Gasteiger partial charge in [-0.15, -0.1) is 0 Å². The number of ketones is 1. The molecule has 0 heterocycles. The molecule has 0 aliphatic rings. The van der Waals surface area contributed by atoms with Crippen molar-refractivity contribution in [2.75, 3.05) is 0 Å². The van der Waals surface area contributed by atoms with Crippen molar-refractivity contribution in [2.24, 2.45) is 0 Å². The maximum atomic E-state index is 11.6. The van der Waals surface area contributed by atoms with E-state index < -0.39 is 17.7 Å². The number of Topliss-reactive ketones (excluding diaryl/α,β-unsaturated/α-hetero) is 1. The summed E-state index contributed by atoms with van der Waals surface area (Å²) in [6.07, 6.45) is -1.55. The van der Waals surface area contributed by atoms with Crippen LogP contribution in [0.1, 0.15) is 36.1 Å². The fourth-order valence-electron chi connectivity index (χ4n) is 1.16. The van der Waals surface area contributed by atoms with Crippen LogP contribution in [0, 0.1) is 0 Å². The number of carbonyl (C=O) groups excluding carboxylic acids is 1. The van der Waals surface area contributed by atoms with Gasteiger partial charge in [0, 0.05) is 11.1 Å². The highest BCUT2D eigenvalue weighted by Crippen LogP contribution is 2.15. The van der Waals surface area contributed by atoms with E-state index in [0.29, 0.717) is 11.1 Å². The van der Waals surface area contributed by atoms with Gasteiger partial charge in [0.1, 0.15) is 5.60 Å². The highest BCUT2D eigenvalue weighted by atomic mass is 16.5. The minimum Gasteiger partial charge on any atom is -0.382 e. The summed E-state index contributed by atoms with van der Waals surface area (Å²) < 4.78 is 0. The molecular formula is C11H14O4. The van der Waals surface area contributed by atoms with Crippen LogP contribution in [0.5, 0.6) is 0 Å². The number of hydrogen-bond donors (Lipinski definition) is 3. The number of rotatable bonds is 3. The normalized spacial score (nSPS) is 11.9. The summed E-state index contributed by atoms with van der Waals surface area (Å²) in [6.45, 7) is 2.81. The molecule has 0 fully saturated rings. The molecule has 0 spiro atoms. The second-order valence-electron chi connectivity index (χ2n) is 3.88. The minimum absolute atomic E-state index is 0.308. The first kappa shape index (κ1) is 11.8. The van der Waals surface area contributed by atoms with Gasteiger partial charge in [-0.2, -0.15) is 0 Å². The molecule has 4 heteroatoms. The number of aliphatic hydroxyl groups is 3. The summed E-state index contributed by atoms with van der Waals surface area (Å²) in [6, 6.07) is 5.78. The smallest absolute Gasteiger partial charge is 0.193 e. The van der Waals surface area contributed by atoms with Crippen molar-refractivity contribution in [3.05, 3.63) is 35.4 Å². The van der Waals surface area contributed by atoms with Crippen LogP contribution >= 0.6 is 0 Å². The van der Waals surface area contributed by atoms with Crippen molar-refractivity contribution in [1.29, 1.82) is 0 Å². The first-order valence-corrected chi connectivity index (χ1v) is 4.55. The molecule has 15 heavy (non-hydrogen) atoms. The number of aliphatic hydroxyl groups excluding tert-OH is 1. The standard InChI is InChI=1S/C11H14O4/c1-11(2,15)9(12)7-3-5-8(6-4-7)10(13)14/h3-6,10,13-15H,1-2H3. The molecular weight excluding hydrogens is 196 g/mol. The Morgan fingerprint density at radius 2 is 1.67 bits per heavy atom. The molecule has 0 amide bonds. The van der Waals surface area contributed by atoms with Crippen LogP contribution < -0.4 is 0 Å². The molecule has 3 N–H and O–H groups in total. The lowest BCUT2D eigenvalue weighted by molar-refractivity contribution is -0.0425. The highest BCUT2D eigenvalue weighted by Gasteiger charge is 2.24. The van der Waals surface area contributed by atoms with E-state index in [1.807, 2.05) is 0 Å². The molecule has 0 bridgehead atoms. The molecule has 0 aromatic heterocycles. The van der Waals surface area contributed by atoms with Crippen LogP contribution in [-0.2, 0) is 0 Å². The van der Waals surface area contributed by atoms with E-state index in [0.717, 1.165) is 0 Å². The number of benzene rings is 1. The number of carbonyl (C=O) groups is 1. The monoisotopic (exact) mass is 210 g/mol. The average molecular weight is 210 g/mol. The minimum atomic E-state index is -1.55. The topological polar surface area (TPSA) is 77.8 Å². The molecule has 0 saturated carbocycles. The summed E-state index contributed by atoms with van der Waals surface area (Å²) in [5, 5.41) is 27.1. The Bertz CT molecular complexity index is 346. The molecule has 82 valence electrons. The maximum absolute atomic E-state index is 11.6. The van der Waals surface area contributed by atoms with E-state index in [9.17, 15) is 9.90 Å². The van der Waals surface area contributed by atoms with Crippen molar-refractivity contribution < 1.29 is 20.1 Å². The van der Waals surface area contributed by atoms with Gasteiger partial charge in [0.2, 0.25) is 0 Å². The fourth-order valence-corrected chi connectivity index (χ4v) is 1.16. The Morgan fingerprint density at radius 3 is 2.00 bits per heavy atom. The lowest BCUT2D eigenvalue weighted by atomic mass is 9.96. The lowest BCUT2D eigenvalue weighted by Crippen LogP contribution is -2.31. The summed E-state index contributed by atoms with van der Waals surface area (Å²) in [5.41, 5.74) is -0.770. The van der Waals surface area contributed by atoms with Crippen molar-refractivity contribution >= 4 is 5.78 Å². The van der Waals surface area contributed by atoms with E-state index in [1.165, 1.54) is 38.1 Å². The Hall–Kier alpha value is -1.23. The Labute approximate surface area is 87.8 Å². The average Bonchev–Trinajstić information content (AvgIpc) is 2.15.